The summed E-state index contributed by atoms with van der Waals surface area (Å²) in [5, 5.41) is 3.39. The number of rotatable bonds is 1. The van der Waals surface area contributed by atoms with Gasteiger partial charge in [-0.05, 0) is 38.9 Å². The highest BCUT2D eigenvalue weighted by molar-refractivity contribution is 5.85. The van der Waals surface area contributed by atoms with Crippen LogP contribution in [-0.4, -0.2) is 37.6 Å². The summed E-state index contributed by atoms with van der Waals surface area (Å²) in [5.41, 5.74) is 0. The molecule has 0 spiro atoms. The largest absolute Gasteiger partial charge is 0.315 e. The van der Waals surface area contributed by atoms with Crippen LogP contribution in [0, 0.1) is 5.92 Å². The van der Waals surface area contributed by atoms with E-state index in [2.05, 4.69) is 17.3 Å². The summed E-state index contributed by atoms with van der Waals surface area (Å²) in [6.07, 6.45) is 2.84. The molecule has 0 unspecified atom stereocenters. The van der Waals surface area contributed by atoms with Crippen LogP contribution >= 0.6 is 24.8 Å². The molecule has 0 aromatic carbocycles. The van der Waals surface area contributed by atoms with Crippen LogP contribution < -0.4 is 5.32 Å². The van der Waals surface area contributed by atoms with Gasteiger partial charge in [0.05, 0.1) is 0 Å². The maximum atomic E-state index is 3.39. The molecule has 4 heteroatoms. The van der Waals surface area contributed by atoms with E-state index in [-0.39, 0.29) is 24.8 Å². The zero-order valence-electron chi connectivity index (χ0n) is 7.45. The summed E-state index contributed by atoms with van der Waals surface area (Å²) in [7, 11) is 2.09. The molecule has 2 bridgehead atoms. The highest BCUT2D eigenvalue weighted by atomic mass is 35.5. The smallest absolute Gasteiger partial charge is 0.0221 e. The molecule has 0 radical (unpaired) electrons. The molecule has 3 heterocycles. The van der Waals surface area contributed by atoms with Gasteiger partial charge in [-0.25, -0.2) is 0 Å². The van der Waals surface area contributed by atoms with Gasteiger partial charge in [-0.2, -0.15) is 0 Å². The van der Waals surface area contributed by atoms with Crippen molar-refractivity contribution in [2.75, 3.05) is 26.7 Å². The zero-order chi connectivity index (χ0) is 6.97. The van der Waals surface area contributed by atoms with Gasteiger partial charge in [0, 0.05) is 12.6 Å². The molecule has 3 aliphatic heterocycles. The summed E-state index contributed by atoms with van der Waals surface area (Å²) in [5.74, 6) is 0.981. The van der Waals surface area contributed by atoms with E-state index in [0.717, 1.165) is 12.0 Å². The highest BCUT2D eigenvalue weighted by Crippen LogP contribution is 2.26. The summed E-state index contributed by atoms with van der Waals surface area (Å²) in [6.45, 7) is 3.99. The fourth-order valence-corrected chi connectivity index (χ4v) is 2.29. The Kier molecular flexibility index (Phi) is 5.50. The maximum absolute atomic E-state index is 3.39. The lowest BCUT2D eigenvalue weighted by atomic mass is 9.84. The first-order chi connectivity index (χ1) is 4.90. The van der Waals surface area contributed by atoms with Crippen molar-refractivity contribution in [3.63, 3.8) is 0 Å². The van der Waals surface area contributed by atoms with Gasteiger partial charge in [-0.15, -0.1) is 24.8 Å². The molecule has 0 amide bonds. The number of likely N-dealkylation sites (N-methyl/N-ethyl adjacent to an activating group) is 1. The Morgan fingerprint density at radius 2 is 1.75 bits per heavy atom. The van der Waals surface area contributed by atoms with Gasteiger partial charge in [-0.3, -0.25) is 0 Å². The summed E-state index contributed by atoms with van der Waals surface area (Å²) in [6, 6.07) is 0.794. The Hall–Kier alpha value is 0.500. The Morgan fingerprint density at radius 1 is 1.17 bits per heavy atom. The number of fused-ring (bicyclic) bond motifs is 3. The summed E-state index contributed by atoms with van der Waals surface area (Å²) < 4.78 is 0. The second-order valence-electron chi connectivity index (χ2n) is 3.53. The van der Waals surface area contributed by atoms with Crippen molar-refractivity contribution >= 4 is 24.8 Å². The number of halogens is 2. The van der Waals surface area contributed by atoms with E-state index in [1.165, 1.54) is 32.5 Å². The van der Waals surface area contributed by atoms with Crippen molar-refractivity contribution in [2.24, 2.45) is 5.92 Å². The van der Waals surface area contributed by atoms with Crippen molar-refractivity contribution in [3.8, 4) is 0 Å². The number of piperidine rings is 3. The second-order valence-corrected chi connectivity index (χ2v) is 3.53. The Balaban J connectivity index is 0.000000605. The van der Waals surface area contributed by atoms with E-state index in [0.29, 0.717) is 0 Å². The maximum Gasteiger partial charge on any atom is 0.0221 e. The quantitative estimate of drug-likeness (QED) is 0.702. The van der Waals surface area contributed by atoms with Gasteiger partial charge in [-0.1, -0.05) is 0 Å². The van der Waals surface area contributed by atoms with Crippen molar-refractivity contribution < 1.29 is 0 Å². The molecule has 1 N–H and O–H groups in total. The van der Waals surface area contributed by atoms with Crippen LogP contribution in [-0.2, 0) is 0 Å². The molecule has 3 rings (SSSR count). The van der Waals surface area contributed by atoms with E-state index < -0.39 is 0 Å². The predicted molar refractivity (Wildman–Crippen MR) is 56.5 cm³/mol. The van der Waals surface area contributed by atoms with Crippen LogP contribution in [0.1, 0.15) is 12.8 Å². The topological polar surface area (TPSA) is 15.3 Å². The van der Waals surface area contributed by atoms with Crippen LogP contribution in [0.15, 0.2) is 0 Å². The molecule has 3 fully saturated rings. The number of hydrogen-bond acceptors (Lipinski definition) is 2. The highest BCUT2D eigenvalue weighted by Gasteiger charge is 2.32. The minimum Gasteiger partial charge on any atom is -0.315 e. The third-order valence-electron chi connectivity index (χ3n) is 3.03. The third kappa shape index (κ3) is 2.25. The van der Waals surface area contributed by atoms with Gasteiger partial charge in [0.25, 0.3) is 0 Å². The third-order valence-corrected chi connectivity index (χ3v) is 3.03. The van der Waals surface area contributed by atoms with E-state index in [9.17, 15) is 0 Å². The van der Waals surface area contributed by atoms with E-state index in [1.54, 1.807) is 0 Å². The fraction of sp³-hybridized carbons (Fsp3) is 1.00. The number of hydrogen-bond donors (Lipinski definition) is 1. The van der Waals surface area contributed by atoms with E-state index in [4.69, 9.17) is 0 Å². The van der Waals surface area contributed by atoms with Gasteiger partial charge in [0.1, 0.15) is 0 Å². The SMILES string of the molecule is CN[C@@H]1CN2CCC1CC2.Cl.Cl. The van der Waals surface area contributed by atoms with Crippen molar-refractivity contribution in [2.45, 2.75) is 18.9 Å². The molecule has 0 saturated carbocycles. The fourth-order valence-electron chi connectivity index (χ4n) is 2.29. The van der Waals surface area contributed by atoms with Crippen molar-refractivity contribution in [1.82, 2.24) is 10.2 Å². The summed E-state index contributed by atoms with van der Waals surface area (Å²) in [4.78, 5) is 2.57. The first-order valence-electron chi connectivity index (χ1n) is 4.30. The van der Waals surface area contributed by atoms with E-state index in [1.807, 2.05) is 0 Å². The van der Waals surface area contributed by atoms with Crippen LogP contribution in [0.2, 0.25) is 0 Å². The minimum absolute atomic E-state index is 0. The predicted octanol–water partition coefficient (Wildman–Crippen LogP) is 1.14. The molecule has 0 aliphatic carbocycles. The lowest BCUT2D eigenvalue weighted by Crippen LogP contribution is -2.55. The van der Waals surface area contributed by atoms with Gasteiger partial charge in [0.15, 0.2) is 0 Å². The molecule has 1 atom stereocenters. The molecular formula is C8H18Cl2N2. The molecule has 12 heavy (non-hydrogen) atoms. The molecule has 0 aromatic rings. The summed E-state index contributed by atoms with van der Waals surface area (Å²) >= 11 is 0. The average Bonchev–Trinajstić information content (AvgIpc) is 2.06. The Labute approximate surface area is 86.9 Å². The van der Waals surface area contributed by atoms with Crippen molar-refractivity contribution in [3.05, 3.63) is 0 Å². The normalized spacial score (nSPS) is 38.2. The van der Waals surface area contributed by atoms with Crippen LogP contribution in [0.3, 0.4) is 0 Å². The van der Waals surface area contributed by atoms with Crippen molar-refractivity contribution in [1.29, 1.82) is 0 Å². The molecule has 2 nitrogen and oxygen atoms in total. The number of nitrogens with one attached hydrogen (secondary N) is 1. The number of nitrogens with zero attached hydrogens (tertiary/aromatic N) is 1. The molecule has 0 aromatic heterocycles. The Bertz CT molecular complexity index is 124. The van der Waals surface area contributed by atoms with Crippen LogP contribution in [0.4, 0.5) is 0 Å². The monoisotopic (exact) mass is 212 g/mol. The lowest BCUT2D eigenvalue weighted by molar-refractivity contribution is 0.0764. The second kappa shape index (κ2) is 5.28. The first kappa shape index (κ1) is 12.5. The first-order valence-corrected chi connectivity index (χ1v) is 4.30. The minimum atomic E-state index is 0. The lowest BCUT2D eigenvalue weighted by Gasteiger charge is -2.44. The van der Waals surface area contributed by atoms with Gasteiger partial charge < -0.3 is 10.2 Å². The van der Waals surface area contributed by atoms with Crippen LogP contribution in [0.25, 0.3) is 0 Å². The molecule has 74 valence electrons. The zero-order valence-corrected chi connectivity index (χ0v) is 9.09. The molecule has 3 aliphatic rings. The Morgan fingerprint density at radius 3 is 2.00 bits per heavy atom. The van der Waals surface area contributed by atoms with Crippen LogP contribution in [0.5, 0.6) is 0 Å². The van der Waals surface area contributed by atoms with Gasteiger partial charge in [0.2, 0.25) is 0 Å². The molecule has 3 saturated heterocycles. The standard InChI is InChI=1S/C8H16N2.2ClH/c1-9-8-6-10-4-2-7(8)3-5-10;;/h7-9H,2-6H2,1H3;2*1H/t8-;;/m1../s1. The average molecular weight is 213 g/mol. The van der Waals surface area contributed by atoms with Gasteiger partial charge >= 0.3 is 0 Å². The molecular weight excluding hydrogens is 195 g/mol. The van der Waals surface area contributed by atoms with E-state index >= 15 is 0 Å².